The van der Waals surface area contributed by atoms with Gasteiger partial charge in [-0.3, -0.25) is 37.3 Å². The molecule has 100 heavy (non-hydrogen) atoms. The molecule has 0 amide bonds. The van der Waals surface area contributed by atoms with Crippen LogP contribution >= 0.6 is 15.6 Å². The van der Waals surface area contributed by atoms with E-state index in [-0.39, 0.29) is 25.7 Å². The Morgan fingerprint density at radius 1 is 0.270 bits per heavy atom. The van der Waals surface area contributed by atoms with E-state index >= 15 is 0 Å². The topological polar surface area (TPSA) is 237 Å². The van der Waals surface area contributed by atoms with Gasteiger partial charge in [-0.15, -0.1) is 0 Å². The largest absolute Gasteiger partial charge is 0.472 e. The van der Waals surface area contributed by atoms with Gasteiger partial charge in [0.1, 0.15) is 19.3 Å². The summed E-state index contributed by atoms with van der Waals surface area (Å²) in [5, 5.41) is 10.6. The number of hydrogen-bond acceptors (Lipinski definition) is 15. The standard InChI is InChI=1S/C81H158O17P2/c1-7-9-11-13-15-17-19-20-21-22-23-24-25-26-29-33-37-41-47-54-60-66-81(86)97-76(69-91-78(83)63-57-51-45-39-36-32-30-27-28-31-35-38-43-49-55-61-73(3)4)71-95-99(87,88)93-67-75(82)68-94-100(89,90)96-72-77(70-92-79(84)64-58-52-48-42-44-50-56-62-74(5)6)98-80(85)65-59-53-46-40-34-18-16-14-12-10-8-2/h73-77,82H,7-72H2,1-6H3,(H,87,88)(H,89,90)/t75-,76-,77-/m1/s1. The highest BCUT2D eigenvalue weighted by Gasteiger charge is 2.30. The molecule has 19 heteroatoms. The Kier molecular flexibility index (Phi) is 71.2. The van der Waals surface area contributed by atoms with Crippen molar-refractivity contribution in [2.24, 2.45) is 11.8 Å². The molecule has 0 rings (SSSR count). The summed E-state index contributed by atoms with van der Waals surface area (Å²) >= 11 is 0. The lowest BCUT2D eigenvalue weighted by molar-refractivity contribution is -0.161. The molecule has 0 aliphatic heterocycles. The number of hydrogen-bond donors (Lipinski definition) is 3. The van der Waals surface area contributed by atoms with Gasteiger partial charge in [-0.1, -0.05) is 375 Å². The van der Waals surface area contributed by atoms with E-state index in [0.717, 1.165) is 102 Å². The molecule has 0 fully saturated rings. The Balaban J connectivity index is 5.20. The molecule has 0 saturated heterocycles. The molecular weight excluding hydrogens is 1310 g/mol. The SMILES string of the molecule is CCCCCCCCCCCCCCCCCCCCCCCC(=O)O[C@H](COC(=O)CCCCCCCCCCCCCCCCCC(C)C)COP(=O)(O)OC[C@@H](O)COP(=O)(O)OC[C@@H](COC(=O)CCCCCCCCCC(C)C)OC(=O)CCCCCCCCCCCCC. The third kappa shape index (κ3) is 74.3. The maximum absolute atomic E-state index is 13.1. The van der Waals surface area contributed by atoms with Gasteiger partial charge < -0.3 is 33.8 Å². The van der Waals surface area contributed by atoms with Crippen LogP contribution in [0.1, 0.15) is 427 Å². The highest BCUT2D eigenvalue weighted by Crippen LogP contribution is 2.45. The van der Waals surface area contributed by atoms with Gasteiger partial charge in [-0.2, -0.15) is 0 Å². The summed E-state index contributed by atoms with van der Waals surface area (Å²) in [4.78, 5) is 72.9. The summed E-state index contributed by atoms with van der Waals surface area (Å²) in [6.45, 7) is 9.60. The summed E-state index contributed by atoms with van der Waals surface area (Å²) in [6, 6.07) is 0. The first kappa shape index (κ1) is 98.1. The summed E-state index contributed by atoms with van der Waals surface area (Å²) in [7, 11) is -9.92. The summed E-state index contributed by atoms with van der Waals surface area (Å²) in [6.07, 6.45) is 62.6. The lowest BCUT2D eigenvalue weighted by atomic mass is 10.0. The minimum Gasteiger partial charge on any atom is -0.462 e. The maximum Gasteiger partial charge on any atom is 0.472 e. The monoisotopic (exact) mass is 1470 g/mol. The maximum atomic E-state index is 13.1. The molecular formula is C81H158O17P2. The first-order chi connectivity index (χ1) is 48.4. The summed E-state index contributed by atoms with van der Waals surface area (Å²) in [5.74, 6) is -0.599. The third-order valence-corrected chi connectivity index (χ3v) is 20.9. The van der Waals surface area contributed by atoms with Crippen molar-refractivity contribution in [3.05, 3.63) is 0 Å². The van der Waals surface area contributed by atoms with E-state index in [1.807, 2.05) is 0 Å². The normalized spacial score (nSPS) is 13.9. The second-order valence-electron chi connectivity index (χ2n) is 30.1. The zero-order chi connectivity index (χ0) is 73.5. The van der Waals surface area contributed by atoms with Gasteiger partial charge in [0.2, 0.25) is 0 Å². The number of ether oxygens (including phenoxy) is 4. The van der Waals surface area contributed by atoms with Crippen LogP contribution in [-0.2, 0) is 65.4 Å². The van der Waals surface area contributed by atoms with Crippen LogP contribution in [0.3, 0.4) is 0 Å². The molecule has 0 bridgehead atoms. The quantitative estimate of drug-likeness (QED) is 0.0222. The van der Waals surface area contributed by atoms with Crippen molar-refractivity contribution in [1.29, 1.82) is 0 Å². The first-order valence-electron chi connectivity index (χ1n) is 42.0. The average Bonchev–Trinajstić information content (AvgIpc) is 0.919. The lowest BCUT2D eigenvalue weighted by Crippen LogP contribution is -2.30. The molecule has 0 aliphatic carbocycles. The molecule has 0 heterocycles. The van der Waals surface area contributed by atoms with Gasteiger partial charge in [0.25, 0.3) is 0 Å². The summed E-state index contributed by atoms with van der Waals surface area (Å²) in [5.41, 5.74) is 0. The summed E-state index contributed by atoms with van der Waals surface area (Å²) < 4.78 is 68.6. The molecule has 0 radical (unpaired) electrons. The average molecular weight is 1470 g/mol. The number of unbranched alkanes of at least 4 members (excludes halogenated alkanes) is 50. The van der Waals surface area contributed by atoms with Gasteiger partial charge in [0.15, 0.2) is 12.2 Å². The first-order valence-corrected chi connectivity index (χ1v) is 45.0. The number of rotatable bonds is 80. The molecule has 594 valence electrons. The van der Waals surface area contributed by atoms with E-state index in [1.54, 1.807) is 0 Å². The Labute approximate surface area is 613 Å². The van der Waals surface area contributed by atoms with Crippen LogP contribution in [0.15, 0.2) is 0 Å². The van der Waals surface area contributed by atoms with E-state index in [4.69, 9.17) is 37.0 Å². The van der Waals surface area contributed by atoms with Crippen molar-refractivity contribution in [1.82, 2.24) is 0 Å². The van der Waals surface area contributed by atoms with Gasteiger partial charge >= 0.3 is 39.5 Å². The van der Waals surface area contributed by atoms with E-state index in [0.29, 0.717) is 31.6 Å². The van der Waals surface area contributed by atoms with Crippen LogP contribution in [0.4, 0.5) is 0 Å². The second-order valence-corrected chi connectivity index (χ2v) is 33.0. The molecule has 5 atom stereocenters. The second kappa shape index (κ2) is 72.6. The zero-order valence-electron chi connectivity index (χ0n) is 65.5. The number of aliphatic hydroxyl groups excluding tert-OH is 1. The predicted octanol–water partition coefficient (Wildman–Crippen LogP) is 24.3. The third-order valence-electron chi connectivity index (χ3n) is 19.0. The van der Waals surface area contributed by atoms with Crippen LogP contribution in [-0.4, -0.2) is 96.7 Å². The van der Waals surface area contributed by atoms with Crippen molar-refractivity contribution >= 4 is 39.5 Å². The number of phosphoric acid groups is 2. The number of aliphatic hydroxyl groups is 1. The van der Waals surface area contributed by atoms with Crippen molar-refractivity contribution in [2.45, 2.75) is 445 Å². The Morgan fingerprint density at radius 2 is 0.460 bits per heavy atom. The molecule has 2 unspecified atom stereocenters. The molecule has 0 aromatic rings. The van der Waals surface area contributed by atoms with E-state index in [9.17, 15) is 43.2 Å². The number of phosphoric ester groups is 2. The van der Waals surface area contributed by atoms with E-state index in [1.165, 1.54) is 238 Å². The highest BCUT2D eigenvalue weighted by molar-refractivity contribution is 7.47. The van der Waals surface area contributed by atoms with Crippen molar-refractivity contribution in [2.75, 3.05) is 39.6 Å². The fourth-order valence-corrected chi connectivity index (χ4v) is 14.1. The van der Waals surface area contributed by atoms with Gasteiger partial charge in [0, 0.05) is 25.7 Å². The Morgan fingerprint density at radius 3 is 0.680 bits per heavy atom. The Bertz CT molecular complexity index is 1920. The molecule has 0 saturated carbocycles. The van der Waals surface area contributed by atoms with Crippen LogP contribution < -0.4 is 0 Å². The minimum absolute atomic E-state index is 0.106. The number of carbonyl (C=O) groups excluding carboxylic acids is 4. The van der Waals surface area contributed by atoms with Gasteiger partial charge in [-0.05, 0) is 37.5 Å². The zero-order valence-corrected chi connectivity index (χ0v) is 67.3. The van der Waals surface area contributed by atoms with Crippen molar-refractivity contribution in [3.8, 4) is 0 Å². The van der Waals surface area contributed by atoms with E-state index < -0.39 is 97.5 Å². The number of esters is 4. The molecule has 0 aromatic carbocycles. The highest BCUT2D eigenvalue weighted by atomic mass is 31.2. The van der Waals surface area contributed by atoms with Crippen molar-refractivity contribution in [3.63, 3.8) is 0 Å². The lowest BCUT2D eigenvalue weighted by Gasteiger charge is -2.21. The minimum atomic E-state index is -4.96. The van der Waals surface area contributed by atoms with Gasteiger partial charge in [-0.25, -0.2) is 9.13 Å². The molecule has 0 spiro atoms. The molecule has 0 aromatic heterocycles. The fourth-order valence-electron chi connectivity index (χ4n) is 12.5. The number of carbonyl (C=O) groups is 4. The molecule has 17 nitrogen and oxygen atoms in total. The van der Waals surface area contributed by atoms with Crippen LogP contribution in [0.5, 0.6) is 0 Å². The molecule has 0 aliphatic rings. The van der Waals surface area contributed by atoms with E-state index in [2.05, 4.69) is 41.5 Å². The van der Waals surface area contributed by atoms with Crippen molar-refractivity contribution < 1.29 is 80.2 Å². The van der Waals surface area contributed by atoms with Crippen LogP contribution in [0, 0.1) is 11.8 Å². The van der Waals surface area contributed by atoms with Crippen LogP contribution in [0.25, 0.3) is 0 Å². The predicted molar refractivity (Wildman–Crippen MR) is 409 cm³/mol. The molecule has 3 N–H and O–H groups in total. The fraction of sp³-hybridized carbons (Fsp3) is 0.951. The Hall–Kier alpha value is -1.94. The smallest absolute Gasteiger partial charge is 0.462 e. The van der Waals surface area contributed by atoms with Crippen LogP contribution in [0.2, 0.25) is 0 Å². The van der Waals surface area contributed by atoms with Gasteiger partial charge in [0.05, 0.1) is 26.4 Å².